The molecule has 108 valence electrons. The van der Waals surface area contributed by atoms with Crippen molar-refractivity contribution in [1.82, 2.24) is 5.32 Å². The molecule has 0 saturated heterocycles. The molecule has 0 amide bonds. The number of hydrogen-bond donors (Lipinski definition) is 1. The predicted octanol–water partition coefficient (Wildman–Crippen LogP) is 4.16. The Kier molecular flexibility index (Phi) is 3.43. The Hall–Kier alpha value is -2.27. The van der Waals surface area contributed by atoms with Crippen molar-refractivity contribution >= 4 is 11.0 Å². The first kappa shape index (κ1) is 13.7. The van der Waals surface area contributed by atoms with Crippen molar-refractivity contribution in [3.63, 3.8) is 0 Å². The zero-order valence-corrected chi connectivity index (χ0v) is 11.2. The van der Waals surface area contributed by atoms with Crippen LogP contribution in [-0.2, 0) is 0 Å². The highest BCUT2D eigenvalue weighted by molar-refractivity contribution is 5.78. The lowest BCUT2D eigenvalue weighted by Gasteiger charge is -2.15. The van der Waals surface area contributed by atoms with E-state index in [9.17, 15) is 13.2 Å². The number of benzene rings is 2. The van der Waals surface area contributed by atoms with E-state index in [1.165, 1.54) is 36.4 Å². The monoisotopic (exact) mass is 291 g/mol. The molecule has 0 saturated carbocycles. The summed E-state index contributed by atoms with van der Waals surface area (Å²) in [7, 11) is 1.57. The van der Waals surface area contributed by atoms with Gasteiger partial charge in [-0.2, -0.15) is 0 Å². The van der Waals surface area contributed by atoms with E-state index in [-0.39, 0.29) is 5.56 Å². The Morgan fingerprint density at radius 3 is 2.38 bits per heavy atom. The fraction of sp³-hybridized carbons (Fsp3) is 0.125. The second kappa shape index (κ2) is 5.26. The quantitative estimate of drug-likeness (QED) is 0.784. The molecule has 1 heterocycles. The highest BCUT2D eigenvalue weighted by Gasteiger charge is 2.23. The Morgan fingerprint density at radius 2 is 1.71 bits per heavy atom. The average molecular weight is 291 g/mol. The lowest BCUT2D eigenvalue weighted by atomic mass is 10.0. The van der Waals surface area contributed by atoms with E-state index in [0.717, 1.165) is 0 Å². The maximum Gasteiger partial charge on any atom is 0.134 e. The molecule has 2 nitrogen and oxygen atoms in total. The van der Waals surface area contributed by atoms with Crippen LogP contribution in [0.4, 0.5) is 13.2 Å². The Morgan fingerprint density at radius 1 is 1.00 bits per heavy atom. The van der Waals surface area contributed by atoms with Gasteiger partial charge < -0.3 is 9.73 Å². The van der Waals surface area contributed by atoms with Crippen LogP contribution in [0.15, 0.2) is 46.9 Å². The van der Waals surface area contributed by atoms with Gasteiger partial charge in [0.2, 0.25) is 0 Å². The molecule has 0 spiro atoms. The normalized spacial score (nSPS) is 12.8. The average Bonchev–Trinajstić information content (AvgIpc) is 2.85. The van der Waals surface area contributed by atoms with Crippen LogP contribution in [0.25, 0.3) is 11.0 Å². The molecule has 1 aromatic heterocycles. The number of nitrogens with one attached hydrogen (secondary N) is 1. The van der Waals surface area contributed by atoms with E-state index in [0.29, 0.717) is 16.7 Å². The topological polar surface area (TPSA) is 25.2 Å². The molecular formula is C16H12F3NO. The van der Waals surface area contributed by atoms with Crippen LogP contribution in [0, 0.1) is 17.5 Å². The van der Waals surface area contributed by atoms with Crippen molar-refractivity contribution < 1.29 is 17.6 Å². The van der Waals surface area contributed by atoms with E-state index in [4.69, 9.17) is 4.42 Å². The molecule has 0 radical (unpaired) electrons. The van der Waals surface area contributed by atoms with E-state index >= 15 is 0 Å². The number of fused-ring (bicyclic) bond motifs is 1. The van der Waals surface area contributed by atoms with Crippen molar-refractivity contribution in [1.29, 1.82) is 0 Å². The van der Waals surface area contributed by atoms with Crippen LogP contribution in [-0.4, -0.2) is 7.05 Å². The number of rotatable bonds is 3. The van der Waals surface area contributed by atoms with Gasteiger partial charge in [-0.3, -0.25) is 0 Å². The molecule has 21 heavy (non-hydrogen) atoms. The van der Waals surface area contributed by atoms with Gasteiger partial charge in [-0.25, -0.2) is 13.2 Å². The third-order valence-electron chi connectivity index (χ3n) is 3.36. The summed E-state index contributed by atoms with van der Waals surface area (Å²) in [5.74, 6) is -1.41. The Labute approximate surface area is 119 Å². The summed E-state index contributed by atoms with van der Waals surface area (Å²) in [4.78, 5) is 0. The molecule has 3 aromatic rings. The number of furan rings is 1. The molecule has 5 heteroatoms. The smallest absolute Gasteiger partial charge is 0.134 e. The van der Waals surface area contributed by atoms with Gasteiger partial charge in [-0.05, 0) is 43.4 Å². The summed E-state index contributed by atoms with van der Waals surface area (Å²) in [6.45, 7) is 0. The summed E-state index contributed by atoms with van der Waals surface area (Å²) < 4.78 is 46.6. The van der Waals surface area contributed by atoms with Crippen LogP contribution >= 0.6 is 0 Å². The maximum atomic E-state index is 13.9. The second-order valence-electron chi connectivity index (χ2n) is 4.69. The third-order valence-corrected chi connectivity index (χ3v) is 3.36. The molecule has 1 atom stereocenters. The zero-order valence-electron chi connectivity index (χ0n) is 11.2. The highest BCUT2D eigenvalue weighted by atomic mass is 19.1. The first-order chi connectivity index (χ1) is 10.1. The van der Waals surface area contributed by atoms with Crippen LogP contribution in [0.5, 0.6) is 0 Å². The van der Waals surface area contributed by atoms with E-state index in [1.54, 1.807) is 13.1 Å². The fourth-order valence-corrected chi connectivity index (χ4v) is 2.39. The molecule has 3 rings (SSSR count). The van der Waals surface area contributed by atoms with Crippen LogP contribution in [0.1, 0.15) is 17.4 Å². The second-order valence-corrected chi connectivity index (χ2v) is 4.69. The molecule has 1 unspecified atom stereocenters. The van der Waals surface area contributed by atoms with Crippen LogP contribution in [0.3, 0.4) is 0 Å². The first-order valence-electron chi connectivity index (χ1n) is 6.40. The summed E-state index contributed by atoms with van der Waals surface area (Å²) in [6, 6.07) is 8.52. The Balaban J connectivity index is 2.14. The van der Waals surface area contributed by atoms with Crippen molar-refractivity contribution in [2.75, 3.05) is 7.05 Å². The van der Waals surface area contributed by atoms with E-state index in [1.807, 2.05) is 0 Å². The molecule has 2 aromatic carbocycles. The standard InChI is InChI=1S/C16H12F3NO/c1-20-16(15-11(18)3-2-4-12(15)19)14-8-9-7-10(17)5-6-13(9)21-14/h2-8,16,20H,1H3. The molecular weight excluding hydrogens is 279 g/mol. The summed E-state index contributed by atoms with van der Waals surface area (Å²) in [6.07, 6.45) is 0. The predicted molar refractivity (Wildman–Crippen MR) is 73.4 cm³/mol. The van der Waals surface area contributed by atoms with Crippen LogP contribution in [0.2, 0.25) is 0 Å². The lowest BCUT2D eigenvalue weighted by Crippen LogP contribution is -2.19. The van der Waals surface area contributed by atoms with Crippen molar-refractivity contribution in [2.24, 2.45) is 0 Å². The van der Waals surface area contributed by atoms with Gasteiger partial charge in [-0.1, -0.05) is 6.07 Å². The SMILES string of the molecule is CNC(c1cc2cc(F)ccc2o1)c1c(F)cccc1F. The number of hydrogen-bond acceptors (Lipinski definition) is 2. The first-order valence-corrected chi connectivity index (χ1v) is 6.40. The molecule has 0 fully saturated rings. The minimum Gasteiger partial charge on any atom is -0.459 e. The molecule has 1 N–H and O–H groups in total. The fourth-order valence-electron chi connectivity index (χ4n) is 2.39. The molecule has 0 aliphatic carbocycles. The number of halogens is 3. The van der Waals surface area contributed by atoms with Gasteiger partial charge in [0.15, 0.2) is 0 Å². The van der Waals surface area contributed by atoms with Gasteiger partial charge in [0, 0.05) is 10.9 Å². The maximum absolute atomic E-state index is 13.9. The van der Waals surface area contributed by atoms with Gasteiger partial charge in [0.05, 0.1) is 6.04 Å². The van der Waals surface area contributed by atoms with Gasteiger partial charge in [0.1, 0.15) is 28.8 Å². The summed E-state index contributed by atoms with van der Waals surface area (Å²) in [5.41, 5.74) is 0.336. The van der Waals surface area contributed by atoms with E-state index in [2.05, 4.69) is 5.32 Å². The lowest BCUT2D eigenvalue weighted by molar-refractivity contribution is 0.456. The van der Waals surface area contributed by atoms with Crippen molar-refractivity contribution in [3.8, 4) is 0 Å². The molecule has 0 aliphatic heterocycles. The van der Waals surface area contributed by atoms with Gasteiger partial charge >= 0.3 is 0 Å². The van der Waals surface area contributed by atoms with Gasteiger partial charge in [-0.15, -0.1) is 0 Å². The minimum atomic E-state index is -0.790. The van der Waals surface area contributed by atoms with Crippen molar-refractivity contribution in [3.05, 3.63) is 71.2 Å². The highest BCUT2D eigenvalue weighted by Crippen LogP contribution is 2.31. The third kappa shape index (κ3) is 2.40. The minimum absolute atomic E-state index is 0.125. The zero-order chi connectivity index (χ0) is 15.0. The largest absolute Gasteiger partial charge is 0.459 e. The molecule has 0 aliphatic rings. The van der Waals surface area contributed by atoms with Crippen LogP contribution < -0.4 is 5.32 Å². The van der Waals surface area contributed by atoms with Crippen molar-refractivity contribution in [2.45, 2.75) is 6.04 Å². The summed E-state index contributed by atoms with van der Waals surface area (Å²) >= 11 is 0. The Bertz CT molecular complexity index is 777. The van der Waals surface area contributed by atoms with Gasteiger partial charge in [0.25, 0.3) is 0 Å². The molecule has 0 bridgehead atoms. The summed E-state index contributed by atoms with van der Waals surface area (Å²) in [5, 5.41) is 3.37. The van der Waals surface area contributed by atoms with E-state index < -0.39 is 23.5 Å².